The van der Waals surface area contributed by atoms with Crippen LogP contribution < -0.4 is 0 Å². The summed E-state index contributed by atoms with van der Waals surface area (Å²) in [6.45, 7) is 5.86. The minimum absolute atomic E-state index is 1.22. The third-order valence-electron chi connectivity index (χ3n) is 2.34. The van der Waals surface area contributed by atoms with E-state index < -0.39 is 0 Å². The molecule has 0 aromatic rings. The number of unbranched alkanes of at least 4 members (excludes halogenated alkanes) is 8. The fourth-order valence-corrected chi connectivity index (χ4v) is 1.48. The van der Waals surface area contributed by atoms with Gasteiger partial charge in [-0.1, -0.05) is 70.3 Å². The minimum atomic E-state index is 1.22. The number of hydrogen-bond acceptors (Lipinski definition) is 0. The Morgan fingerprint density at radius 2 is 1.57 bits per heavy atom. The predicted molar refractivity (Wildman–Crippen MR) is 66.2 cm³/mol. The summed E-state index contributed by atoms with van der Waals surface area (Å²) in [4.78, 5) is 0. The zero-order chi connectivity index (χ0) is 10.5. The van der Waals surface area contributed by atoms with Crippen molar-refractivity contribution in [1.29, 1.82) is 0 Å². The van der Waals surface area contributed by atoms with Gasteiger partial charge in [-0.05, 0) is 19.3 Å². The van der Waals surface area contributed by atoms with Crippen LogP contribution in [-0.2, 0) is 0 Å². The summed E-state index contributed by atoms with van der Waals surface area (Å²) in [5, 5.41) is 0. The standard InChI is InChI=1S/C14H25/c1-3-5-7-9-11-13-14-12-10-8-6-4-2/h3,5-7H,1,4,8-14H2,2H3/b7-5-. The van der Waals surface area contributed by atoms with E-state index in [0.29, 0.717) is 0 Å². The molecule has 0 saturated heterocycles. The lowest BCUT2D eigenvalue weighted by Crippen LogP contribution is -1.80. The van der Waals surface area contributed by atoms with Crippen molar-refractivity contribution in [2.45, 2.75) is 58.3 Å². The second-order valence-corrected chi connectivity index (χ2v) is 3.71. The van der Waals surface area contributed by atoms with Crippen LogP contribution in [-0.4, -0.2) is 0 Å². The summed E-state index contributed by atoms with van der Waals surface area (Å²) in [6.07, 6.45) is 19.1. The van der Waals surface area contributed by atoms with Gasteiger partial charge in [0.15, 0.2) is 0 Å². The largest absolute Gasteiger partial charge is 0.0991 e. The summed E-state index contributed by atoms with van der Waals surface area (Å²) in [5.41, 5.74) is 0. The maximum absolute atomic E-state index is 3.65. The zero-order valence-electron chi connectivity index (χ0n) is 9.67. The molecule has 0 amide bonds. The van der Waals surface area contributed by atoms with Crippen LogP contribution in [0.4, 0.5) is 0 Å². The highest BCUT2D eigenvalue weighted by molar-refractivity contribution is 4.96. The lowest BCUT2D eigenvalue weighted by Gasteiger charge is -1.99. The van der Waals surface area contributed by atoms with Crippen LogP contribution in [0.25, 0.3) is 0 Å². The zero-order valence-corrected chi connectivity index (χ0v) is 9.67. The van der Waals surface area contributed by atoms with Crippen molar-refractivity contribution in [3.05, 3.63) is 31.2 Å². The average molecular weight is 193 g/mol. The first-order valence-corrected chi connectivity index (χ1v) is 6.01. The molecule has 0 saturated carbocycles. The normalized spacial score (nSPS) is 10.9. The quantitative estimate of drug-likeness (QED) is 0.335. The van der Waals surface area contributed by atoms with Gasteiger partial charge in [-0.2, -0.15) is 0 Å². The second-order valence-electron chi connectivity index (χ2n) is 3.71. The van der Waals surface area contributed by atoms with Gasteiger partial charge in [0.25, 0.3) is 0 Å². The molecule has 0 rings (SSSR count). The predicted octanol–water partition coefficient (Wildman–Crippen LogP) is 5.07. The first-order chi connectivity index (χ1) is 6.91. The minimum Gasteiger partial charge on any atom is -0.0991 e. The maximum Gasteiger partial charge on any atom is -0.0348 e. The molecule has 0 heteroatoms. The van der Waals surface area contributed by atoms with Gasteiger partial charge < -0.3 is 0 Å². The van der Waals surface area contributed by atoms with Gasteiger partial charge >= 0.3 is 0 Å². The lowest BCUT2D eigenvalue weighted by molar-refractivity contribution is 0.611. The summed E-state index contributed by atoms with van der Waals surface area (Å²) in [7, 11) is 0. The Labute approximate surface area is 90.1 Å². The van der Waals surface area contributed by atoms with Crippen molar-refractivity contribution in [1.82, 2.24) is 0 Å². The first-order valence-electron chi connectivity index (χ1n) is 6.01. The summed E-state index contributed by atoms with van der Waals surface area (Å²) in [6, 6.07) is 0. The lowest BCUT2D eigenvalue weighted by atomic mass is 10.1. The Balaban J connectivity index is 2.91. The molecule has 14 heavy (non-hydrogen) atoms. The Morgan fingerprint density at radius 3 is 2.21 bits per heavy atom. The van der Waals surface area contributed by atoms with E-state index in [9.17, 15) is 0 Å². The van der Waals surface area contributed by atoms with Crippen LogP contribution in [0.2, 0.25) is 0 Å². The average Bonchev–Trinajstić information content (AvgIpc) is 2.21. The van der Waals surface area contributed by atoms with E-state index in [-0.39, 0.29) is 0 Å². The van der Waals surface area contributed by atoms with E-state index in [4.69, 9.17) is 0 Å². The van der Waals surface area contributed by atoms with Gasteiger partial charge in [0.1, 0.15) is 0 Å². The fraction of sp³-hybridized carbons (Fsp3) is 0.643. The van der Waals surface area contributed by atoms with E-state index in [0.717, 1.165) is 0 Å². The molecule has 0 nitrogen and oxygen atoms in total. The number of allylic oxidation sites excluding steroid dienone is 3. The molecule has 81 valence electrons. The van der Waals surface area contributed by atoms with Crippen molar-refractivity contribution in [2.75, 3.05) is 0 Å². The van der Waals surface area contributed by atoms with Crippen LogP contribution in [0.3, 0.4) is 0 Å². The van der Waals surface area contributed by atoms with E-state index in [1.165, 1.54) is 51.4 Å². The van der Waals surface area contributed by atoms with Crippen LogP contribution >= 0.6 is 0 Å². The molecule has 1 radical (unpaired) electrons. The van der Waals surface area contributed by atoms with E-state index in [1.807, 2.05) is 12.2 Å². The number of hydrogen-bond donors (Lipinski definition) is 0. The molecule has 0 heterocycles. The molecule has 0 atom stereocenters. The molecule has 0 aliphatic rings. The number of rotatable bonds is 10. The van der Waals surface area contributed by atoms with E-state index in [2.05, 4.69) is 26.0 Å². The third-order valence-corrected chi connectivity index (χ3v) is 2.34. The summed E-state index contributed by atoms with van der Waals surface area (Å²) >= 11 is 0. The summed E-state index contributed by atoms with van der Waals surface area (Å²) in [5.74, 6) is 0. The van der Waals surface area contributed by atoms with Crippen molar-refractivity contribution in [2.24, 2.45) is 0 Å². The molecule has 0 bridgehead atoms. The third kappa shape index (κ3) is 11.5. The van der Waals surface area contributed by atoms with Gasteiger partial charge in [-0.3, -0.25) is 0 Å². The molecule has 0 N–H and O–H groups in total. The fourth-order valence-electron chi connectivity index (χ4n) is 1.48. The molecule has 0 aromatic heterocycles. The van der Waals surface area contributed by atoms with Gasteiger partial charge in [0.2, 0.25) is 0 Å². The van der Waals surface area contributed by atoms with Crippen molar-refractivity contribution in [3.8, 4) is 0 Å². The Morgan fingerprint density at radius 1 is 0.929 bits per heavy atom. The molecular weight excluding hydrogens is 168 g/mol. The SMILES string of the molecule is C=C/C=C\CCCCCCC[CH]CC. The van der Waals surface area contributed by atoms with Crippen LogP contribution in [0.1, 0.15) is 58.3 Å². The molecule has 0 fully saturated rings. The van der Waals surface area contributed by atoms with E-state index >= 15 is 0 Å². The van der Waals surface area contributed by atoms with Gasteiger partial charge in [0, 0.05) is 0 Å². The molecular formula is C14H25. The highest BCUT2D eigenvalue weighted by Gasteiger charge is 1.89. The van der Waals surface area contributed by atoms with Crippen LogP contribution in [0.15, 0.2) is 24.8 Å². The van der Waals surface area contributed by atoms with E-state index in [1.54, 1.807) is 0 Å². The molecule has 0 unspecified atom stereocenters. The summed E-state index contributed by atoms with van der Waals surface area (Å²) < 4.78 is 0. The highest BCUT2D eigenvalue weighted by atomic mass is 14.0. The Hall–Kier alpha value is -0.520. The molecule has 0 spiro atoms. The van der Waals surface area contributed by atoms with Crippen LogP contribution in [0.5, 0.6) is 0 Å². The topological polar surface area (TPSA) is 0 Å². The Bertz CT molecular complexity index is 133. The molecule has 0 aliphatic heterocycles. The smallest absolute Gasteiger partial charge is 0.0348 e. The molecule has 0 aromatic carbocycles. The van der Waals surface area contributed by atoms with Crippen molar-refractivity contribution >= 4 is 0 Å². The highest BCUT2D eigenvalue weighted by Crippen LogP contribution is 2.09. The first kappa shape index (κ1) is 13.5. The Kier molecular flexibility index (Phi) is 12.0. The monoisotopic (exact) mass is 193 g/mol. The maximum atomic E-state index is 3.65. The van der Waals surface area contributed by atoms with Crippen molar-refractivity contribution < 1.29 is 0 Å². The van der Waals surface area contributed by atoms with Crippen molar-refractivity contribution in [3.63, 3.8) is 0 Å². The van der Waals surface area contributed by atoms with Gasteiger partial charge in [-0.15, -0.1) is 0 Å². The van der Waals surface area contributed by atoms with Gasteiger partial charge in [-0.25, -0.2) is 0 Å². The molecule has 0 aliphatic carbocycles. The second kappa shape index (κ2) is 12.5. The van der Waals surface area contributed by atoms with Crippen LogP contribution in [0, 0.1) is 6.42 Å². The van der Waals surface area contributed by atoms with Gasteiger partial charge in [0.05, 0.1) is 0 Å².